The van der Waals surface area contributed by atoms with Crippen LogP contribution in [0.5, 0.6) is 11.5 Å². The lowest BCUT2D eigenvalue weighted by molar-refractivity contribution is -0.153. The first kappa shape index (κ1) is 17.4. The Hall–Kier alpha value is -1.96. The van der Waals surface area contributed by atoms with E-state index in [1.165, 1.54) is 18.2 Å². The van der Waals surface area contributed by atoms with E-state index in [1.807, 2.05) is 0 Å². The molecule has 0 spiro atoms. The molecule has 0 saturated carbocycles. The zero-order chi connectivity index (χ0) is 16.7. The number of carbonyl (C=O) groups excluding carboxylic acids is 1. The highest BCUT2D eigenvalue weighted by atomic mass is 19.4. The summed E-state index contributed by atoms with van der Waals surface area (Å²) in [6.45, 7) is 0.0187. The van der Waals surface area contributed by atoms with Gasteiger partial charge in [0.25, 0.3) is 5.91 Å². The minimum atomic E-state index is -4.43. The van der Waals surface area contributed by atoms with Crippen molar-refractivity contribution in [1.29, 1.82) is 0 Å². The molecule has 1 aliphatic heterocycles. The topological polar surface area (TPSA) is 59.6 Å². The van der Waals surface area contributed by atoms with E-state index in [-0.39, 0.29) is 30.1 Å². The molecule has 8 heteroatoms. The van der Waals surface area contributed by atoms with E-state index in [0.717, 1.165) is 25.9 Å². The van der Waals surface area contributed by atoms with Crippen LogP contribution < -0.4 is 20.1 Å². The Morgan fingerprint density at radius 1 is 1.17 bits per heavy atom. The van der Waals surface area contributed by atoms with Gasteiger partial charge in [0.2, 0.25) is 0 Å². The second-order valence-corrected chi connectivity index (χ2v) is 5.23. The number of alkyl halides is 3. The van der Waals surface area contributed by atoms with Crippen LogP contribution in [0.2, 0.25) is 0 Å². The summed E-state index contributed by atoms with van der Waals surface area (Å²) in [6.07, 6.45) is -2.74. The van der Waals surface area contributed by atoms with Crippen LogP contribution in [0.3, 0.4) is 0 Å². The van der Waals surface area contributed by atoms with Crippen LogP contribution in [0.25, 0.3) is 0 Å². The summed E-state index contributed by atoms with van der Waals surface area (Å²) in [5.41, 5.74) is 0. The van der Waals surface area contributed by atoms with E-state index in [4.69, 9.17) is 9.47 Å². The SMILES string of the molecule is O=C(COc1ccccc1OCC(F)(F)F)NC1CCNCC1. The maximum absolute atomic E-state index is 12.2. The highest BCUT2D eigenvalue weighted by molar-refractivity contribution is 5.77. The largest absolute Gasteiger partial charge is 0.480 e. The molecule has 5 nitrogen and oxygen atoms in total. The summed E-state index contributed by atoms with van der Waals surface area (Å²) >= 11 is 0. The number of carbonyl (C=O) groups is 1. The molecule has 1 fully saturated rings. The van der Waals surface area contributed by atoms with E-state index >= 15 is 0 Å². The quantitative estimate of drug-likeness (QED) is 0.835. The van der Waals surface area contributed by atoms with E-state index < -0.39 is 12.8 Å². The number of piperidine rings is 1. The summed E-state index contributed by atoms with van der Waals surface area (Å²) in [4.78, 5) is 11.8. The Labute approximate surface area is 132 Å². The summed E-state index contributed by atoms with van der Waals surface area (Å²) in [6, 6.07) is 6.06. The second kappa shape index (κ2) is 8.05. The van der Waals surface area contributed by atoms with Gasteiger partial charge in [0, 0.05) is 6.04 Å². The third-order valence-electron chi connectivity index (χ3n) is 3.30. The first-order valence-corrected chi connectivity index (χ1v) is 7.35. The van der Waals surface area contributed by atoms with E-state index in [1.54, 1.807) is 6.07 Å². The van der Waals surface area contributed by atoms with Crippen LogP contribution in [-0.4, -0.2) is 44.4 Å². The van der Waals surface area contributed by atoms with Gasteiger partial charge in [-0.2, -0.15) is 13.2 Å². The molecule has 1 aromatic rings. The third kappa shape index (κ3) is 6.35. The number of hydrogen-bond acceptors (Lipinski definition) is 4. The smallest absolute Gasteiger partial charge is 0.422 e. The maximum Gasteiger partial charge on any atom is 0.422 e. The molecule has 0 bridgehead atoms. The third-order valence-corrected chi connectivity index (χ3v) is 3.30. The standard InChI is InChI=1S/C15H19F3N2O3/c16-15(17,18)10-23-13-4-2-1-3-12(13)22-9-14(21)20-11-5-7-19-8-6-11/h1-4,11,19H,5-10H2,(H,20,21). The van der Waals surface area contributed by atoms with Crippen molar-refractivity contribution in [3.63, 3.8) is 0 Å². The average Bonchev–Trinajstić information content (AvgIpc) is 2.52. The van der Waals surface area contributed by atoms with Gasteiger partial charge >= 0.3 is 6.18 Å². The van der Waals surface area contributed by atoms with E-state index in [9.17, 15) is 18.0 Å². The maximum atomic E-state index is 12.2. The number of benzene rings is 1. The van der Waals surface area contributed by atoms with Gasteiger partial charge < -0.3 is 20.1 Å². The van der Waals surface area contributed by atoms with Gasteiger partial charge in [0.05, 0.1) is 0 Å². The molecule has 0 unspecified atom stereocenters. The molecule has 23 heavy (non-hydrogen) atoms. The molecule has 2 rings (SSSR count). The van der Waals surface area contributed by atoms with Crippen LogP contribution in [0.4, 0.5) is 13.2 Å². The zero-order valence-electron chi connectivity index (χ0n) is 12.5. The number of nitrogens with one attached hydrogen (secondary N) is 2. The molecule has 0 atom stereocenters. The lowest BCUT2D eigenvalue weighted by Gasteiger charge is -2.23. The number of halogens is 3. The van der Waals surface area contributed by atoms with Gasteiger partial charge in [-0.1, -0.05) is 12.1 Å². The molecule has 2 N–H and O–H groups in total. The summed E-state index contributed by atoms with van der Waals surface area (Å²) in [5, 5.41) is 6.03. The van der Waals surface area contributed by atoms with Crippen LogP contribution in [0.15, 0.2) is 24.3 Å². The summed E-state index contributed by atoms with van der Waals surface area (Å²) in [7, 11) is 0. The molecule has 1 saturated heterocycles. The minimum absolute atomic E-state index is 0.0421. The fraction of sp³-hybridized carbons (Fsp3) is 0.533. The Balaban J connectivity index is 1.83. The van der Waals surface area contributed by atoms with Crippen molar-refractivity contribution in [2.24, 2.45) is 0 Å². The Kier molecular flexibility index (Phi) is 6.09. The zero-order valence-corrected chi connectivity index (χ0v) is 12.5. The molecular weight excluding hydrogens is 313 g/mol. The van der Waals surface area contributed by atoms with Crippen LogP contribution in [0.1, 0.15) is 12.8 Å². The summed E-state index contributed by atoms with van der Waals surface area (Å²) < 4.78 is 46.6. The molecule has 1 aliphatic rings. The van der Waals surface area contributed by atoms with Crippen LogP contribution >= 0.6 is 0 Å². The number of para-hydroxylation sites is 2. The molecule has 0 aliphatic carbocycles. The average molecular weight is 332 g/mol. The monoisotopic (exact) mass is 332 g/mol. The molecule has 1 amide bonds. The highest BCUT2D eigenvalue weighted by Crippen LogP contribution is 2.28. The van der Waals surface area contributed by atoms with Crippen molar-refractivity contribution >= 4 is 5.91 Å². The van der Waals surface area contributed by atoms with Gasteiger partial charge in [0.1, 0.15) is 0 Å². The predicted molar refractivity (Wildman–Crippen MR) is 77.5 cm³/mol. The van der Waals surface area contributed by atoms with Crippen LogP contribution in [0, 0.1) is 0 Å². The normalized spacial score (nSPS) is 16.0. The molecule has 1 heterocycles. The first-order chi connectivity index (χ1) is 10.9. The second-order valence-electron chi connectivity index (χ2n) is 5.23. The van der Waals surface area contributed by atoms with E-state index in [0.29, 0.717) is 0 Å². The lowest BCUT2D eigenvalue weighted by atomic mass is 10.1. The molecule has 128 valence electrons. The van der Waals surface area contributed by atoms with Crippen molar-refractivity contribution in [1.82, 2.24) is 10.6 Å². The number of hydrogen-bond donors (Lipinski definition) is 2. The van der Waals surface area contributed by atoms with Crippen molar-refractivity contribution in [2.45, 2.75) is 25.1 Å². The molecule has 1 aromatic carbocycles. The van der Waals surface area contributed by atoms with Gasteiger partial charge in [-0.05, 0) is 38.1 Å². The van der Waals surface area contributed by atoms with Crippen molar-refractivity contribution < 1.29 is 27.4 Å². The van der Waals surface area contributed by atoms with Gasteiger partial charge in [-0.25, -0.2) is 0 Å². The fourth-order valence-electron chi connectivity index (χ4n) is 2.23. The van der Waals surface area contributed by atoms with Crippen molar-refractivity contribution in [3.05, 3.63) is 24.3 Å². The Morgan fingerprint density at radius 2 is 1.78 bits per heavy atom. The Morgan fingerprint density at radius 3 is 2.39 bits per heavy atom. The van der Waals surface area contributed by atoms with Gasteiger partial charge in [-0.3, -0.25) is 4.79 Å². The molecule has 0 radical (unpaired) electrons. The minimum Gasteiger partial charge on any atom is -0.480 e. The molecular formula is C15H19F3N2O3. The number of amides is 1. The van der Waals surface area contributed by atoms with Crippen molar-refractivity contribution in [2.75, 3.05) is 26.3 Å². The van der Waals surface area contributed by atoms with Gasteiger partial charge in [-0.15, -0.1) is 0 Å². The lowest BCUT2D eigenvalue weighted by Crippen LogP contribution is -2.44. The fourth-order valence-corrected chi connectivity index (χ4v) is 2.23. The predicted octanol–water partition coefficient (Wildman–Crippen LogP) is 1.87. The van der Waals surface area contributed by atoms with Crippen molar-refractivity contribution in [3.8, 4) is 11.5 Å². The highest BCUT2D eigenvalue weighted by Gasteiger charge is 2.29. The van der Waals surface area contributed by atoms with E-state index in [2.05, 4.69) is 10.6 Å². The number of ether oxygens (including phenoxy) is 2. The first-order valence-electron chi connectivity index (χ1n) is 7.35. The molecule has 0 aromatic heterocycles. The van der Waals surface area contributed by atoms with Crippen LogP contribution in [-0.2, 0) is 4.79 Å². The number of rotatable bonds is 6. The van der Waals surface area contributed by atoms with Gasteiger partial charge in [0.15, 0.2) is 24.7 Å². The summed E-state index contributed by atoms with van der Waals surface area (Å²) in [5.74, 6) is -0.237. The Bertz CT molecular complexity index is 517.